The van der Waals surface area contributed by atoms with E-state index >= 15 is 0 Å². The smallest absolute Gasteiger partial charge is 0.222 e. The fraction of sp³-hybridized carbons (Fsp3) is 0.750. The number of methoxy groups -OCH3 is 1. The fourth-order valence-electron chi connectivity index (χ4n) is 1.61. The number of hydrogen-bond acceptors (Lipinski definition) is 3. The highest BCUT2D eigenvalue weighted by molar-refractivity contribution is 5.76. The summed E-state index contributed by atoms with van der Waals surface area (Å²) in [5.41, 5.74) is 1.30. The van der Waals surface area contributed by atoms with Gasteiger partial charge in [0, 0.05) is 33.7 Å². The molecule has 0 aromatic rings. The molecule has 0 atom stereocenters. The number of amides is 1. The van der Waals surface area contributed by atoms with Gasteiger partial charge in [-0.2, -0.15) is 0 Å². The molecule has 0 radical (unpaired) electrons. The molecule has 4 heteroatoms. The van der Waals surface area contributed by atoms with Crippen LogP contribution in [0.3, 0.4) is 0 Å². The predicted octanol–water partition coefficient (Wildman–Crippen LogP) is 3.46. The third-order valence-corrected chi connectivity index (χ3v) is 2.37. The van der Waals surface area contributed by atoms with Crippen LogP contribution < -0.4 is 0 Å². The summed E-state index contributed by atoms with van der Waals surface area (Å²) < 4.78 is 4.25. The molecule has 1 amide bonds. The summed E-state index contributed by atoms with van der Waals surface area (Å²) in [6.45, 7) is 12.1. The largest absolute Gasteiger partial charge is 0.388 e. The summed E-state index contributed by atoms with van der Waals surface area (Å²) in [5.74, 6) is 0.329. The van der Waals surface area contributed by atoms with Crippen LogP contribution in [0, 0.1) is 0 Å². The van der Waals surface area contributed by atoms with Crippen LogP contribution in [-0.4, -0.2) is 44.9 Å². The Balaban J connectivity index is -0.000000355. The molecule has 20 heavy (non-hydrogen) atoms. The highest BCUT2D eigenvalue weighted by atomic mass is 16.4. The third kappa shape index (κ3) is 16.8. The van der Waals surface area contributed by atoms with Crippen LogP contribution in [0.25, 0.3) is 0 Å². The number of allylic oxidation sites excluding steroid dienone is 2. The first-order valence-corrected chi connectivity index (χ1v) is 7.22. The summed E-state index contributed by atoms with van der Waals surface area (Å²) in [7, 11) is 3.25. The molecule has 1 saturated heterocycles. The molecule has 0 aliphatic carbocycles. The average Bonchev–Trinajstić information content (AvgIpc) is 2.98. The zero-order chi connectivity index (χ0) is 16.4. The molecular formula is C16H33NO3. The van der Waals surface area contributed by atoms with Gasteiger partial charge in [0.05, 0.1) is 0 Å². The second-order valence-electron chi connectivity index (χ2n) is 4.32. The van der Waals surface area contributed by atoms with E-state index in [9.17, 15) is 4.79 Å². The van der Waals surface area contributed by atoms with E-state index in [0.29, 0.717) is 12.3 Å². The second-order valence-corrected chi connectivity index (χ2v) is 4.32. The second kappa shape index (κ2) is 20.2. The maximum atomic E-state index is 11.5. The SMILES string of the molecule is C=O.CC.CC(C)=CCCC(=O)N1CCCC1.COC. The summed E-state index contributed by atoms with van der Waals surface area (Å²) in [4.78, 5) is 21.5. The summed E-state index contributed by atoms with van der Waals surface area (Å²) in [5, 5.41) is 0. The minimum Gasteiger partial charge on any atom is -0.388 e. The Bertz CT molecular complexity index is 230. The topological polar surface area (TPSA) is 46.6 Å². The highest BCUT2D eigenvalue weighted by Gasteiger charge is 2.16. The zero-order valence-corrected chi connectivity index (χ0v) is 14.2. The number of rotatable bonds is 3. The van der Waals surface area contributed by atoms with Crippen LogP contribution in [0.5, 0.6) is 0 Å². The van der Waals surface area contributed by atoms with E-state index in [1.807, 2.05) is 25.5 Å². The first-order chi connectivity index (χ1) is 9.61. The Morgan fingerprint density at radius 2 is 1.55 bits per heavy atom. The van der Waals surface area contributed by atoms with E-state index in [0.717, 1.165) is 19.5 Å². The number of carbonyl (C=O) groups excluding carboxylic acids is 2. The number of ether oxygens (including phenoxy) is 1. The van der Waals surface area contributed by atoms with Crippen molar-refractivity contribution in [2.24, 2.45) is 0 Å². The average molecular weight is 287 g/mol. The monoisotopic (exact) mass is 287 g/mol. The molecule has 1 fully saturated rings. The van der Waals surface area contributed by atoms with E-state index in [1.165, 1.54) is 18.4 Å². The Hall–Kier alpha value is -1.16. The van der Waals surface area contributed by atoms with Crippen molar-refractivity contribution in [3.8, 4) is 0 Å². The van der Waals surface area contributed by atoms with Crippen LogP contribution in [0.15, 0.2) is 11.6 Å². The van der Waals surface area contributed by atoms with Gasteiger partial charge in [-0.15, -0.1) is 0 Å². The van der Waals surface area contributed by atoms with Gasteiger partial charge in [0.15, 0.2) is 0 Å². The number of nitrogens with zero attached hydrogens (tertiary/aromatic N) is 1. The van der Waals surface area contributed by atoms with E-state index in [2.05, 4.69) is 24.7 Å². The Labute approximate surface area is 125 Å². The van der Waals surface area contributed by atoms with Crippen LogP contribution >= 0.6 is 0 Å². The molecule has 120 valence electrons. The first kappa shape index (κ1) is 23.9. The van der Waals surface area contributed by atoms with Gasteiger partial charge in [0.2, 0.25) is 5.91 Å². The standard InChI is InChI=1S/C11H19NO.C2H6O.C2H6.CH2O/c1-10(2)6-5-7-11(13)12-8-3-4-9-12;1-3-2;2*1-2/h6H,3-5,7-9H2,1-2H3;1-2H3;1-2H3;1H2. The molecule has 0 aromatic heterocycles. The molecule has 0 N–H and O–H groups in total. The van der Waals surface area contributed by atoms with Crippen molar-refractivity contribution in [1.82, 2.24) is 4.90 Å². The third-order valence-electron chi connectivity index (χ3n) is 2.37. The Morgan fingerprint density at radius 3 is 1.90 bits per heavy atom. The summed E-state index contributed by atoms with van der Waals surface area (Å²) >= 11 is 0. The molecule has 0 aromatic carbocycles. The Kier molecular flexibility index (Phi) is 24.1. The quantitative estimate of drug-likeness (QED) is 0.747. The van der Waals surface area contributed by atoms with Gasteiger partial charge in [-0.1, -0.05) is 25.5 Å². The van der Waals surface area contributed by atoms with Crippen molar-refractivity contribution in [2.45, 2.75) is 53.4 Å². The molecule has 1 rings (SSSR count). The number of likely N-dealkylation sites (tertiary alicyclic amines) is 1. The van der Waals surface area contributed by atoms with Crippen molar-refractivity contribution in [3.63, 3.8) is 0 Å². The fourth-order valence-corrected chi connectivity index (χ4v) is 1.61. The maximum Gasteiger partial charge on any atom is 0.222 e. The van der Waals surface area contributed by atoms with Crippen LogP contribution in [-0.2, 0) is 14.3 Å². The molecular weight excluding hydrogens is 254 g/mol. The van der Waals surface area contributed by atoms with Gasteiger partial charge < -0.3 is 14.4 Å². The lowest BCUT2D eigenvalue weighted by molar-refractivity contribution is -0.130. The van der Waals surface area contributed by atoms with Crippen molar-refractivity contribution >= 4 is 12.7 Å². The van der Waals surface area contributed by atoms with E-state index in [4.69, 9.17) is 4.79 Å². The molecule has 1 heterocycles. The molecule has 0 unspecified atom stereocenters. The molecule has 0 saturated carbocycles. The lowest BCUT2D eigenvalue weighted by atomic mass is 10.2. The summed E-state index contributed by atoms with van der Waals surface area (Å²) in [6, 6.07) is 0. The normalized spacial score (nSPS) is 11.8. The van der Waals surface area contributed by atoms with Gasteiger partial charge in [0.25, 0.3) is 0 Å². The predicted molar refractivity (Wildman–Crippen MR) is 85.9 cm³/mol. The molecule has 4 nitrogen and oxygen atoms in total. The van der Waals surface area contributed by atoms with E-state index < -0.39 is 0 Å². The molecule has 1 aliphatic heterocycles. The van der Waals surface area contributed by atoms with Crippen molar-refractivity contribution in [1.29, 1.82) is 0 Å². The minimum atomic E-state index is 0.329. The maximum absolute atomic E-state index is 11.5. The van der Waals surface area contributed by atoms with Crippen molar-refractivity contribution < 1.29 is 14.3 Å². The van der Waals surface area contributed by atoms with Gasteiger partial charge in [-0.05, 0) is 33.1 Å². The van der Waals surface area contributed by atoms with Crippen LogP contribution in [0.4, 0.5) is 0 Å². The van der Waals surface area contributed by atoms with Gasteiger partial charge in [0.1, 0.15) is 6.79 Å². The van der Waals surface area contributed by atoms with Crippen LogP contribution in [0.1, 0.15) is 53.4 Å². The highest BCUT2D eigenvalue weighted by Crippen LogP contribution is 2.10. The van der Waals surface area contributed by atoms with Gasteiger partial charge in [-0.3, -0.25) is 4.79 Å². The zero-order valence-electron chi connectivity index (χ0n) is 14.2. The molecule has 0 bridgehead atoms. The minimum absolute atomic E-state index is 0.329. The lowest BCUT2D eigenvalue weighted by Gasteiger charge is -2.14. The van der Waals surface area contributed by atoms with Crippen LogP contribution in [0.2, 0.25) is 0 Å². The Morgan fingerprint density at radius 1 is 1.15 bits per heavy atom. The van der Waals surface area contributed by atoms with Crippen molar-refractivity contribution in [3.05, 3.63) is 11.6 Å². The molecule has 1 aliphatic rings. The van der Waals surface area contributed by atoms with Gasteiger partial charge >= 0.3 is 0 Å². The van der Waals surface area contributed by atoms with E-state index in [1.54, 1.807) is 14.2 Å². The molecule has 0 spiro atoms. The lowest BCUT2D eigenvalue weighted by Crippen LogP contribution is -2.27. The first-order valence-electron chi connectivity index (χ1n) is 7.22. The number of hydrogen-bond donors (Lipinski definition) is 0. The summed E-state index contributed by atoms with van der Waals surface area (Å²) in [6.07, 6.45) is 6.10. The van der Waals surface area contributed by atoms with E-state index in [-0.39, 0.29) is 0 Å². The van der Waals surface area contributed by atoms with Crippen molar-refractivity contribution in [2.75, 3.05) is 27.3 Å². The number of carbonyl (C=O) groups is 2. The van der Waals surface area contributed by atoms with Gasteiger partial charge in [-0.25, -0.2) is 0 Å².